The van der Waals surface area contributed by atoms with E-state index in [1.807, 2.05) is 36.7 Å². The van der Waals surface area contributed by atoms with Crippen LogP contribution in [0.15, 0.2) is 61.2 Å². The Morgan fingerprint density at radius 1 is 0.783 bits per heavy atom. The van der Waals surface area contributed by atoms with Crippen LogP contribution < -0.4 is 0 Å². The quantitative estimate of drug-likeness (QED) is 0.458. The summed E-state index contributed by atoms with van der Waals surface area (Å²) in [6.45, 7) is 0. The van der Waals surface area contributed by atoms with Crippen LogP contribution in [0.4, 0.5) is 0 Å². The molecule has 0 aliphatic carbocycles. The molecule has 5 rings (SSSR count). The van der Waals surface area contributed by atoms with Gasteiger partial charge in [0.05, 0.1) is 0 Å². The van der Waals surface area contributed by atoms with Gasteiger partial charge >= 0.3 is 0 Å². The van der Waals surface area contributed by atoms with Gasteiger partial charge in [-0.25, -0.2) is 9.97 Å². The number of rotatable bonds is 1. The Kier molecular flexibility index (Phi) is 2.63. The van der Waals surface area contributed by atoms with Crippen molar-refractivity contribution in [3.63, 3.8) is 0 Å². The van der Waals surface area contributed by atoms with E-state index < -0.39 is 0 Å². The third-order valence-electron chi connectivity index (χ3n) is 3.92. The molecule has 0 aliphatic heterocycles. The smallest absolute Gasteiger partial charge is 0.180 e. The average Bonchev–Trinajstić information content (AvgIpc) is 2.99. The lowest BCUT2D eigenvalue weighted by atomic mass is 10.1. The van der Waals surface area contributed by atoms with Crippen molar-refractivity contribution in [1.29, 1.82) is 0 Å². The first-order valence-electron chi connectivity index (χ1n) is 7.23. The van der Waals surface area contributed by atoms with Gasteiger partial charge < -0.3 is 0 Å². The van der Waals surface area contributed by atoms with E-state index in [-0.39, 0.29) is 0 Å². The molecular formula is C18H10N4S. The van der Waals surface area contributed by atoms with Gasteiger partial charge in [-0.15, -0.1) is 11.3 Å². The minimum absolute atomic E-state index is 0.661. The molecule has 0 unspecified atom stereocenters. The predicted octanol–water partition coefficient (Wildman–Crippen LogP) is 4.45. The molecule has 0 aliphatic rings. The molecule has 108 valence electrons. The van der Waals surface area contributed by atoms with Crippen LogP contribution in [0.2, 0.25) is 0 Å². The van der Waals surface area contributed by atoms with Crippen molar-refractivity contribution in [3.8, 4) is 11.5 Å². The fourth-order valence-electron chi connectivity index (χ4n) is 2.82. The lowest BCUT2D eigenvalue weighted by Gasteiger charge is -2.04. The summed E-state index contributed by atoms with van der Waals surface area (Å²) in [6, 6.07) is 12.2. The van der Waals surface area contributed by atoms with E-state index in [4.69, 9.17) is 4.98 Å². The van der Waals surface area contributed by atoms with E-state index in [0.29, 0.717) is 5.82 Å². The number of nitrogens with zero attached hydrogens (tertiary/aromatic N) is 4. The van der Waals surface area contributed by atoms with Crippen LogP contribution in [0.1, 0.15) is 0 Å². The van der Waals surface area contributed by atoms with E-state index in [0.717, 1.165) is 32.1 Å². The van der Waals surface area contributed by atoms with Crippen LogP contribution in [0.3, 0.4) is 0 Å². The van der Waals surface area contributed by atoms with Crippen molar-refractivity contribution in [2.45, 2.75) is 0 Å². The molecule has 0 bridgehead atoms. The van der Waals surface area contributed by atoms with E-state index in [1.165, 1.54) is 4.70 Å². The van der Waals surface area contributed by atoms with Crippen molar-refractivity contribution in [2.24, 2.45) is 0 Å². The molecule has 0 spiro atoms. The maximum Gasteiger partial charge on any atom is 0.180 e. The summed E-state index contributed by atoms with van der Waals surface area (Å²) in [4.78, 5) is 19.0. The van der Waals surface area contributed by atoms with Crippen LogP contribution in [-0.2, 0) is 0 Å². The zero-order valence-corrected chi connectivity index (χ0v) is 12.8. The largest absolute Gasteiger partial charge is 0.264 e. The zero-order valence-electron chi connectivity index (χ0n) is 12.0. The summed E-state index contributed by atoms with van der Waals surface area (Å²) in [5, 5.41) is 4.35. The number of fused-ring (bicyclic) bond motifs is 4. The highest BCUT2D eigenvalue weighted by Crippen LogP contribution is 2.33. The normalized spacial score (nSPS) is 11.5. The van der Waals surface area contributed by atoms with Crippen LogP contribution >= 0.6 is 11.3 Å². The van der Waals surface area contributed by atoms with E-state index in [9.17, 15) is 0 Å². The Morgan fingerprint density at radius 2 is 1.74 bits per heavy atom. The Balaban J connectivity index is 1.81. The molecule has 23 heavy (non-hydrogen) atoms. The summed E-state index contributed by atoms with van der Waals surface area (Å²) < 4.78 is 1.17. The first kappa shape index (κ1) is 12.6. The Bertz CT molecular complexity index is 1170. The molecule has 5 aromatic rings. The van der Waals surface area contributed by atoms with Crippen molar-refractivity contribution in [1.82, 2.24) is 19.9 Å². The van der Waals surface area contributed by atoms with Gasteiger partial charge in [-0.3, -0.25) is 9.97 Å². The first-order valence-corrected chi connectivity index (χ1v) is 8.05. The highest BCUT2D eigenvalue weighted by atomic mass is 32.1. The summed E-state index contributed by atoms with van der Waals surface area (Å²) >= 11 is 1.66. The second-order valence-electron chi connectivity index (χ2n) is 5.27. The van der Waals surface area contributed by atoms with Crippen molar-refractivity contribution >= 4 is 42.4 Å². The third kappa shape index (κ3) is 1.90. The summed E-state index contributed by atoms with van der Waals surface area (Å²) in [5.41, 5.74) is 0.820. The second kappa shape index (κ2) is 4.79. The highest BCUT2D eigenvalue weighted by Gasteiger charge is 2.12. The number of benzene rings is 1. The van der Waals surface area contributed by atoms with Crippen molar-refractivity contribution in [2.75, 3.05) is 0 Å². The average molecular weight is 314 g/mol. The van der Waals surface area contributed by atoms with Crippen LogP contribution in [0.5, 0.6) is 0 Å². The number of hydrogen-bond acceptors (Lipinski definition) is 5. The number of hydrogen-bond donors (Lipinski definition) is 0. The van der Waals surface area contributed by atoms with Gasteiger partial charge in [0.2, 0.25) is 0 Å². The van der Waals surface area contributed by atoms with Gasteiger partial charge in [0.25, 0.3) is 0 Å². The van der Waals surface area contributed by atoms with E-state index in [1.54, 1.807) is 23.7 Å². The molecule has 5 heteroatoms. The Labute approximate surface area is 135 Å². The summed E-state index contributed by atoms with van der Waals surface area (Å²) in [6.07, 6.45) is 7.35. The maximum atomic E-state index is 4.75. The standard InChI is InChI=1S/C18H10N4S/c1-2-4-12-11(3-1)5-8-20-16(12)17-21-10-14-13-9-19-7-6-15(13)23-18(14)22-17/h1-10H. The molecule has 0 N–H and O–H groups in total. The van der Waals surface area contributed by atoms with Crippen LogP contribution in [-0.4, -0.2) is 19.9 Å². The number of aromatic nitrogens is 4. The van der Waals surface area contributed by atoms with Crippen LogP contribution in [0.25, 0.3) is 42.6 Å². The molecular weight excluding hydrogens is 304 g/mol. The molecule has 0 saturated carbocycles. The summed E-state index contributed by atoms with van der Waals surface area (Å²) in [5.74, 6) is 0.661. The van der Waals surface area contributed by atoms with Gasteiger partial charge in [-0.05, 0) is 17.5 Å². The SMILES string of the molecule is c1ccc2c(-c3ncc4c(n3)sc3ccncc34)nccc2c1. The molecule has 4 heterocycles. The molecule has 0 fully saturated rings. The molecule has 1 aromatic carbocycles. The topological polar surface area (TPSA) is 51.6 Å². The minimum Gasteiger partial charge on any atom is -0.264 e. The molecule has 0 radical (unpaired) electrons. The fourth-order valence-corrected chi connectivity index (χ4v) is 3.83. The molecule has 4 nitrogen and oxygen atoms in total. The van der Waals surface area contributed by atoms with Gasteiger partial charge in [0, 0.05) is 45.6 Å². The van der Waals surface area contributed by atoms with Crippen molar-refractivity contribution in [3.05, 3.63) is 61.2 Å². The number of thiophene rings is 1. The summed E-state index contributed by atoms with van der Waals surface area (Å²) in [7, 11) is 0. The zero-order chi connectivity index (χ0) is 15.2. The molecule has 0 atom stereocenters. The molecule has 4 aromatic heterocycles. The third-order valence-corrected chi connectivity index (χ3v) is 5.00. The number of pyridine rings is 2. The first-order chi connectivity index (χ1) is 11.4. The lowest BCUT2D eigenvalue weighted by Crippen LogP contribution is -1.92. The fraction of sp³-hybridized carbons (Fsp3) is 0. The minimum atomic E-state index is 0.661. The Hall–Kier alpha value is -2.92. The highest BCUT2D eigenvalue weighted by molar-refractivity contribution is 7.25. The molecule has 0 saturated heterocycles. The van der Waals surface area contributed by atoms with E-state index in [2.05, 4.69) is 27.1 Å². The van der Waals surface area contributed by atoms with E-state index >= 15 is 0 Å². The predicted molar refractivity (Wildman–Crippen MR) is 93.5 cm³/mol. The van der Waals surface area contributed by atoms with Crippen molar-refractivity contribution < 1.29 is 0 Å². The maximum absolute atomic E-state index is 4.75. The van der Waals surface area contributed by atoms with Gasteiger partial charge in [-0.1, -0.05) is 24.3 Å². The monoisotopic (exact) mass is 314 g/mol. The van der Waals surface area contributed by atoms with Gasteiger partial charge in [-0.2, -0.15) is 0 Å². The van der Waals surface area contributed by atoms with Gasteiger partial charge in [0.15, 0.2) is 5.82 Å². The Morgan fingerprint density at radius 3 is 2.74 bits per heavy atom. The lowest BCUT2D eigenvalue weighted by molar-refractivity contribution is 1.20. The van der Waals surface area contributed by atoms with Gasteiger partial charge in [0.1, 0.15) is 10.5 Å². The second-order valence-corrected chi connectivity index (χ2v) is 6.30. The molecule has 0 amide bonds. The van der Waals surface area contributed by atoms with Crippen LogP contribution in [0, 0.1) is 0 Å².